The molecule has 104 valence electrons. The van der Waals surface area contributed by atoms with Crippen LogP contribution in [0.5, 0.6) is 0 Å². The van der Waals surface area contributed by atoms with E-state index in [0.717, 1.165) is 42.3 Å². The zero-order valence-corrected chi connectivity index (χ0v) is 11.5. The number of hydrogen-bond acceptors (Lipinski definition) is 3. The van der Waals surface area contributed by atoms with Crippen molar-refractivity contribution in [1.82, 2.24) is 4.98 Å². The Labute approximate surface area is 119 Å². The molecule has 3 rings (SSSR count). The zero-order valence-electron chi connectivity index (χ0n) is 11.5. The number of ketones is 1. The van der Waals surface area contributed by atoms with E-state index >= 15 is 0 Å². The fraction of sp³-hybridized carbons (Fsp3) is 0.412. The first kappa shape index (κ1) is 13.3. The van der Waals surface area contributed by atoms with E-state index < -0.39 is 0 Å². The highest BCUT2D eigenvalue weighted by Crippen LogP contribution is 2.20. The third-order valence-corrected chi connectivity index (χ3v) is 3.90. The molecular formula is C17H19NO2. The third-order valence-electron chi connectivity index (χ3n) is 3.90. The molecule has 1 aromatic heterocycles. The lowest BCUT2D eigenvalue weighted by Gasteiger charge is -2.09. The Morgan fingerprint density at radius 1 is 1.30 bits per heavy atom. The van der Waals surface area contributed by atoms with Crippen LogP contribution in [-0.2, 0) is 16.0 Å². The van der Waals surface area contributed by atoms with Gasteiger partial charge in [-0.1, -0.05) is 18.2 Å². The second-order valence-corrected chi connectivity index (χ2v) is 5.38. The van der Waals surface area contributed by atoms with Gasteiger partial charge in [0, 0.05) is 31.0 Å². The van der Waals surface area contributed by atoms with E-state index in [2.05, 4.69) is 4.98 Å². The molecule has 0 amide bonds. The monoisotopic (exact) mass is 269 g/mol. The number of para-hydroxylation sites is 1. The molecule has 20 heavy (non-hydrogen) atoms. The number of pyridine rings is 1. The summed E-state index contributed by atoms with van der Waals surface area (Å²) in [6, 6.07) is 9.93. The second-order valence-electron chi connectivity index (χ2n) is 5.38. The Morgan fingerprint density at radius 2 is 2.20 bits per heavy atom. The van der Waals surface area contributed by atoms with Crippen LogP contribution in [0, 0.1) is 0 Å². The number of Topliss-reactive ketones (excluding diaryl/α,β-unsaturated/α-hetero) is 1. The highest BCUT2D eigenvalue weighted by atomic mass is 16.5. The van der Waals surface area contributed by atoms with E-state index in [1.807, 2.05) is 30.3 Å². The van der Waals surface area contributed by atoms with E-state index in [4.69, 9.17) is 4.74 Å². The molecule has 2 heterocycles. The second kappa shape index (κ2) is 6.14. The summed E-state index contributed by atoms with van der Waals surface area (Å²) >= 11 is 0. The number of rotatable bonds is 5. The van der Waals surface area contributed by atoms with E-state index in [1.54, 1.807) is 6.20 Å². The van der Waals surface area contributed by atoms with Gasteiger partial charge in [-0.25, -0.2) is 0 Å². The lowest BCUT2D eigenvalue weighted by Crippen LogP contribution is -2.10. The molecule has 3 heteroatoms. The van der Waals surface area contributed by atoms with Gasteiger partial charge in [0.2, 0.25) is 0 Å². The van der Waals surface area contributed by atoms with Crippen molar-refractivity contribution in [1.29, 1.82) is 0 Å². The molecule has 1 unspecified atom stereocenters. The molecule has 1 aliphatic rings. The number of fused-ring (bicyclic) bond motifs is 1. The quantitative estimate of drug-likeness (QED) is 0.836. The van der Waals surface area contributed by atoms with Gasteiger partial charge in [0.25, 0.3) is 0 Å². The van der Waals surface area contributed by atoms with Crippen molar-refractivity contribution in [2.75, 3.05) is 6.61 Å². The van der Waals surface area contributed by atoms with E-state index in [-0.39, 0.29) is 5.78 Å². The molecule has 1 atom stereocenters. The van der Waals surface area contributed by atoms with Crippen molar-refractivity contribution in [2.24, 2.45) is 0 Å². The van der Waals surface area contributed by atoms with Gasteiger partial charge in [0.15, 0.2) is 0 Å². The number of carbonyl (C=O) groups excluding carboxylic acids is 1. The van der Waals surface area contributed by atoms with Crippen molar-refractivity contribution >= 4 is 16.7 Å². The molecule has 0 bridgehead atoms. The minimum Gasteiger partial charge on any atom is -0.378 e. The number of aromatic nitrogens is 1. The van der Waals surface area contributed by atoms with Gasteiger partial charge >= 0.3 is 0 Å². The Hall–Kier alpha value is -1.74. The van der Waals surface area contributed by atoms with Gasteiger partial charge in [-0.05, 0) is 37.0 Å². The van der Waals surface area contributed by atoms with Crippen LogP contribution >= 0.6 is 0 Å². The molecule has 0 radical (unpaired) electrons. The Morgan fingerprint density at radius 3 is 3.05 bits per heavy atom. The number of benzene rings is 1. The molecule has 3 nitrogen and oxygen atoms in total. The van der Waals surface area contributed by atoms with Crippen LogP contribution in [0.3, 0.4) is 0 Å². The summed E-state index contributed by atoms with van der Waals surface area (Å²) in [5, 5.41) is 1.08. The summed E-state index contributed by atoms with van der Waals surface area (Å²) in [5.74, 6) is 0.289. The van der Waals surface area contributed by atoms with Gasteiger partial charge < -0.3 is 4.74 Å². The lowest BCUT2D eigenvalue weighted by atomic mass is 10.0. The molecule has 0 N–H and O–H groups in total. The molecular weight excluding hydrogens is 250 g/mol. The van der Waals surface area contributed by atoms with Crippen LogP contribution in [0.25, 0.3) is 10.9 Å². The molecule has 1 saturated heterocycles. The van der Waals surface area contributed by atoms with Crippen LogP contribution in [0.2, 0.25) is 0 Å². The maximum absolute atomic E-state index is 12.1. The summed E-state index contributed by atoms with van der Waals surface area (Å²) in [5.41, 5.74) is 2.03. The first-order chi connectivity index (χ1) is 9.83. The highest BCUT2D eigenvalue weighted by molar-refractivity contribution is 5.88. The Kier molecular flexibility index (Phi) is 4.07. The summed E-state index contributed by atoms with van der Waals surface area (Å²) < 4.78 is 5.56. The molecule has 0 spiro atoms. The minimum atomic E-state index is 0.289. The van der Waals surface area contributed by atoms with Gasteiger partial charge in [0.1, 0.15) is 5.78 Å². The topological polar surface area (TPSA) is 39.2 Å². The van der Waals surface area contributed by atoms with Crippen molar-refractivity contribution in [3.63, 3.8) is 0 Å². The fourth-order valence-electron chi connectivity index (χ4n) is 2.80. The smallest absolute Gasteiger partial charge is 0.137 e. The van der Waals surface area contributed by atoms with Crippen molar-refractivity contribution in [3.05, 3.63) is 42.1 Å². The average Bonchev–Trinajstić information content (AvgIpc) is 2.99. The van der Waals surface area contributed by atoms with Crippen LogP contribution < -0.4 is 0 Å². The summed E-state index contributed by atoms with van der Waals surface area (Å²) in [6.45, 7) is 0.855. The van der Waals surface area contributed by atoms with Gasteiger partial charge in [0.05, 0.1) is 11.6 Å². The van der Waals surface area contributed by atoms with Crippen molar-refractivity contribution < 1.29 is 9.53 Å². The van der Waals surface area contributed by atoms with Gasteiger partial charge in [-0.3, -0.25) is 9.78 Å². The highest BCUT2D eigenvalue weighted by Gasteiger charge is 2.17. The van der Waals surface area contributed by atoms with Crippen LogP contribution in [0.4, 0.5) is 0 Å². The Balaban J connectivity index is 1.65. The van der Waals surface area contributed by atoms with Crippen LogP contribution in [0.15, 0.2) is 36.5 Å². The first-order valence-electron chi connectivity index (χ1n) is 7.29. The molecule has 1 aromatic carbocycles. The van der Waals surface area contributed by atoms with Gasteiger partial charge in [-0.2, -0.15) is 0 Å². The summed E-state index contributed by atoms with van der Waals surface area (Å²) in [4.78, 5) is 16.5. The van der Waals surface area contributed by atoms with Crippen molar-refractivity contribution in [2.45, 2.75) is 38.2 Å². The maximum atomic E-state index is 12.1. The van der Waals surface area contributed by atoms with E-state index in [0.29, 0.717) is 18.9 Å². The number of carbonyl (C=O) groups is 1. The molecule has 0 aliphatic carbocycles. The standard InChI is InChI=1S/C17H19NO2/c19-14(7-8-15-4-3-11-20-15)12-13-9-10-18-17-6-2-1-5-16(13)17/h1-2,5-6,9-10,15H,3-4,7-8,11-12H2. The van der Waals surface area contributed by atoms with Crippen LogP contribution in [0.1, 0.15) is 31.2 Å². The fourth-order valence-corrected chi connectivity index (χ4v) is 2.80. The predicted octanol–water partition coefficient (Wildman–Crippen LogP) is 3.31. The maximum Gasteiger partial charge on any atom is 0.137 e. The lowest BCUT2D eigenvalue weighted by molar-refractivity contribution is -0.119. The predicted molar refractivity (Wildman–Crippen MR) is 78.7 cm³/mol. The number of ether oxygens (including phenoxy) is 1. The van der Waals surface area contributed by atoms with Gasteiger partial charge in [-0.15, -0.1) is 0 Å². The molecule has 0 saturated carbocycles. The molecule has 1 aliphatic heterocycles. The summed E-state index contributed by atoms with van der Waals surface area (Å²) in [7, 11) is 0. The Bertz CT molecular complexity index is 597. The minimum absolute atomic E-state index is 0.289. The zero-order chi connectivity index (χ0) is 13.8. The number of hydrogen-bond donors (Lipinski definition) is 0. The third kappa shape index (κ3) is 3.05. The summed E-state index contributed by atoms with van der Waals surface area (Å²) in [6.07, 6.45) is 6.29. The molecule has 2 aromatic rings. The van der Waals surface area contributed by atoms with Crippen molar-refractivity contribution in [3.8, 4) is 0 Å². The van der Waals surface area contributed by atoms with E-state index in [9.17, 15) is 4.79 Å². The first-order valence-corrected chi connectivity index (χ1v) is 7.29. The average molecular weight is 269 g/mol. The van der Waals surface area contributed by atoms with E-state index in [1.165, 1.54) is 0 Å². The SMILES string of the molecule is O=C(CCC1CCCO1)Cc1ccnc2ccccc12. The normalized spacial score (nSPS) is 18.5. The van der Waals surface area contributed by atoms with Crippen LogP contribution in [-0.4, -0.2) is 23.5 Å². The molecule has 1 fully saturated rings. The largest absolute Gasteiger partial charge is 0.378 e. The number of nitrogens with zero attached hydrogens (tertiary/aromatic N) is 1.